The lowest BCUT2D eigenvalue weighted by Gasteiger charge is -2.08. The summed E-state index contributed by atoms with van der Waals surface area (Å²) < 4.78 is 5.16. The summed E-state index contributed by atoms with van der Waals surface area (Å²) >= 11 is 0. The normalized spacial score (nSPS) is 10.5. The van der Waals surface area contributed by atoms with Gasteiger partial charge in [-0.3, -0.25) is 9.89 Å². The minimum Gasteiger partial charge on any atom is -0.497 e. The van der Waals surface area contributed by atoms with Crippen molar-refractivity contribution in [2.45, 2.75) is 6.42 Å². The van der Waals surface area contributed by atoms with E-state index in [0.29, 0.717) is 6.42 Å². The third-order valence-electron chi connectivity index (χ3n) is 2.67. The highest BCUT2D eigenvalue weighted by atomic mass is 16.5. The minimum atomic E-state index is 0.0402. The number of methoxy groups -OCH3 is 1. The van der Waals surface area contributed by atoms with E-state index >= 15 is 0 Å². The van der Waals surface area contributed by atoms with Crippen LogP contribution in [-0.2, 0) is 11.2 Å². The molecule has 1 N–H and O–H groups in total. The molecule has 0 saturated heterocycles. The van der Waals surface area contributed by atoms with Crippen LogP contribution in [0.5, 0.6) is 5.75 Å². The van der Waals surface area contributed by atoms with Crippen LogP contribution in [0.25, 0.3) is 10.9 Å². The van der Waals surface area contributed by atoms with Crippen molar-refractivity contribution in [2.75, 3.05) is 21.2 Å². The lowest BCUT2D eigenvalue weighted by molar-refractivity contribution is -0.128. The maximum absolute atomic E-state index is 11.7. The lowest BCUT2D eigenvalue weighted by Crippen LogP contribution is -2.23. The van der Waals surface area contributed by atoms with Crippen LogP contribution in [0.3, 0.4) is 0 Å². The van der Waals surface area contributed by atoms with Crippen molar-refractivity contribution in [3.05, 3.63) is 23.9 Å². The summed E-state index contributed by atoms with van der Waals surface area (Å²) in [4.78, 5) is 13.2. The zero-order chi connectivity index (χ0) is 12.4. The van der Waals surface area contributed by atoms with Crippen molar-refractivity contribution in [1.29, 1.82) is 0 Å². The average molecular weight is 233 g/mol. The van der Waals surface area contributed by atoms with E-state index in [1.54, 1.807) is 26.1 Å². The Morgan fingerprint density at radius 1 is 1.47 bits per heavy atom. The molecule has 2 aromatic rings. The second-order valence-corrected chi connectivity index (χ2v) is 4.05. The number of amides is 1. The smallest absolute Gasteiger partial charge is 0.228 e. The molecule has 1 amide bonds. The largest absolute Gasteiger partial charge is 0.497 e. The number of nitrogens with one attached hydrogen (secondary N) is 1. The molecule has 1 heterocycles. The number of H-pyrrole nitrogens is 1. The predicted octanol–water partition coefficient (Wildman–Crippen LogP) is 1.20. The van der Waals surface area contributed by atoms with Gasteiger partial charge in [-0.2, -0.15) is 5.10 Å². The number of aromatic nitrogens is 2. The van der Waals surface area contributed by atoms with Crippen molar-refractivity contribution >= 4 is 16.8 Å². The molecular weight excluding hydrogens is 218 g/mol. The van der Waals surface area contributed by atoms with E-state index in [1.807, 2.05) is 18.2 Å². The molecule has 5 heteroatoms. The fourth-order valence-electron chi connectivity index (χ4n) is 1.61. The van der Waals surface area contributed by atoms with Gasteiger partial charge in [-0.15, -0.1) is 0 Å². The number of likely N-dealkylation sites (N-methyl/N-ethyl adjacent to an activating group) is 1. The Kier molecular flexibility index (Phi) is 2.99. The Morgan fingerprint density at radius 3 is 2.88 bits per heavy atom. The van der Waals surface area contributed by atoms with Crippen molar-refractivity contribution in [2.24, 2.45) is 0 Å². The summed E-state index contributed by atoms with van der Waals surface area (Å²) in [6.07, 6.45) is 0.316. The zero-order valence-corrected chi connectivity index (χ0v) is 10.2. The van der Waals surface area contributed by atoms with Gasteiger partial charge in [0.1, 0.15) is 5.75 Å². The monoisotopic (exact) mass is 233 g/mol. The number of hydrogen-bond acceptors (Lipinski definition) is 3. The Morgan fingerprint density at radius 2 is 2.24 bits per heavy atom. The van der Waals surface area contributed by atoms with Crippen molar-refractivity contribution in [3.63, 3.8) is 0 Å². The second-order valence-electron chi connectivity index (χ2n) is 4.05. The molecule has 0 radical (unpaired) electrons. The van der Waals surface area contributed by atoms with Crippen molar-refractivity contribution in [1.82, 2.24) is 15.1 Å². The van der Waals surface area contributed by atoms with E-state index in [4.69, 9.17) is 4.74 Å². The molecule has 1 aromatic carbocycles. The molecule has 0 unspecified atom stereocenters. The first-order valence-corrected chi connectivity index (χ1v) is 5.33. The number of fused-ring (bicyclic) bond motifs is 1. The molecule has 0 aliphatic rings. The van der Waals surface area contributed by atoms with Crippen LogP contribution < -0.4 is 4.74 Å². The summed E-state index contributed by atoms with van der Waals surface area (Å²) in [5.41, 5.74) is 1.66. The van der Waals surface area contributed by atoms with Crippen LogP contribution >= 0.6 is 0 Å². The maximum atomic E-state index is 11.7. The highest BCUT2D eigenvalue weighted by Crippen LogP contribution is 2.22. The molecule has 5 nitrogen and oxygen atoms in total. The van der Waals surface area contributed by atoms with Gasteiger partial charge in [0.25, 0.3) is 0 Å². The molecule has 0 atom stereocenters. The standard InChI is InChI=1S/C12H15N3O2/c1-15(2)12(16)7-11-9-6-8(17-3)4-5-10(9)13-14-11/h4-6H,7H2,1-3H3,(H,13,14). The van der Waals surface area contributed by atoms with Gasteiger partial charge in [-0.25, -0.2) is 0 Å². The Bertz CT molecular complexity index is 546. The molecular formula is C12H15N3O2. The number of nitrogens with zero attached hydrogens (tertiary/aromatic N) is 2. The number of rotatable bonds is 3. The number of carbonyl (C=O) groups is 1. The molecule has 90 valence electrons. The molecule has 2 rings (SSSR count). The Hall–Kier alpha value is -2.04. The van der Waals surface area contributed by atoms with E-state index in [2.05, 4.69) is 10.2 Å². The summed E-state index contributed by atoms with van der Waals surface area (Å²) in [5.74, 6) is 0.802. The van der Waals surface area contributed by atoms with Gasteiger partial charge in [0.2, 0.25) is 5.91 Å². The Labute approximate surface area is 99.4 Å². The SMILES string of the molecule is COc1ccc2n[nH]c(CC(=O)N(C)C)c2c1. The van der Waals surface area contributed by atoms with E-state index < -0.39 is 0 Å². The molecule has 0 aliphatic carbocycles. The quantitative estimate of drug-likeness (QED) is 0.866. The van der Waals surface area contributed by atoms with Crippen molar-refractivity contribution < 1.29 is 9.53 Å². The summed E-state index contributed by atoms with van der Waals surface area (Å²) in [6, 6.07) is 5.60. The van der Waals surface area contributed by atoms with E-state index in [9.17, 15) is 4.79 Å². The van der Waals surface area contributed by atoms with Crippen LogP contribution in [0.4, 0.5) is 0 Å². The van der Waals surface area contributed by atoms with Gasteiger partial charge < -0.3 is 9.64 Å². The first-order valence-electron chi connectivity index (χ1n) is 5.33. The topological polar surface area (TPSA) is 58.2 Å². The highest BCUT2D eigenvalue weighted by molar-refractivity contribution is 5.88. The highest BCUT2D eigenvalue weighted by Gasteiger charge is 2.11. The number of aromatic amines is 1. The molecule has 0 spiro atoms. The zero-order valence-electron chi connectivity index (χ0n) is 10.2. The summed E-state index contributed by atoms with van der Waals surface area (Å²) in [6.45, 7) is 0. The fourth-order valence-corrected chi connectivity index (χ4v) is 1.61. The van der Waals surface area contributed by atoms with Gasteiger partial charge >= 0.3 is 0 Å². The Balaban J connectivity index is 2.37. The second kappa shape index (κ2) is 4.45. The van der Waals surface area contributed by atoms with Gasteiger partial charge in [0.05, 0.1) is 24.7 Å². The maximum Gasteiger partial charge on any atom is 0.228 e. The minimum absolute atomic E-state index is 0.0402. The van der Waals surface area contributed by atoms with Crippen LogP contribution in [0.15, 0.2) is 18.2 Å². The van der Waals surface area contributed by atoms with Gasteiger partial charge in [0.15, 0.2) is 0 Å². The van der Waals surface area contributed by atoms with Crippen LogP contribution in [-0.4, -0.2) is 42.2 Å². The first-order chi connectivity index (χ1) is 8.11. The molecule has 17 heavy (non-hydrogen) atoms. The average Bonchev–Trinajstić information content (AvgIpc) is 2.71. The number of carbonyl (C=O) groups excluding carboxylic acids is 1. The summed E-state index contributed by atoms with van der Waals surface area (Å²) in [7, 11) is 5.09. The molecule has 0 bridgehead atoms. The number of ether oxygens (including phenoxy) is 1. The van der Waals surface area contributed by atoms with E-state index in [0.717, 1.165) is 22.3 Å². The van der Waals surface area contributed by atoms with Gasteiger partial charge in [0, 0.05) is 19.5 Å². The van der Waals surface area contributed by atoms with Crippen molar-refractivity contribution in [3.8, 4) is 5.75 Å². The fraction of sp³-hybridized carbons (Fsp3) is 0.333. The third kappa shape index (κ3) is 2.22. The number of benzene rings is 1. The third-order valence-corrected chi connectivity index (χ3v) is 2.67. The molecule has 0 aliphatic heterocycles. The molecule has 0 fully saturated rings. The van der Waals surface area contributed by atoms with Gasteiger partial charge in [-0.05, 0) is 18.2 Å². The van der Waals surface area contributed by atoms with E-state index in [-0.39, 0.29) is 5.91 Å². The molecule has 0 saturated carbocycles. The predicted molar refractivity (Wildman–Crippen MR) is 65.0 cm³/mol. The van der Waals surface area contributed by atoms with Crippen LogP contribution in [0.1, 0.15) is 5.69 Å². The molecule has 1 aromatic heterocycles. The van der Waals surface area contributed by atoms with E-state index in [1.165, 1.54) is 0 Å². The van der Waals surface area contributed by atoms with Crippen LogP contribution in [0, 0.1) is 0 Å². The number of hydrogen-bond donors (Lipinski definition) is 1. The van der Waals surface area contributed by atoms with Crippen LogP contribution in [0.2, 0.25) is 0 Å². The van der Waals surface area contributed by atoms with Gasteiger partial charge in [-0.1, -0.05) is 0 Å². The summed E-state index contributed by atoms with van der Waals surface area (Å²) in [5, 5.41) is 7.98. The lowest BCUT2D eigenvalue weighted by atomic mass is 10.1. The first kappa shape index (κ1) is 11.4.